The highest BCUT2D eigenvalue weighted by atomic mass is 16.3. The number of rotatable bonds is 4. The van der Waals surface area contributed by atoms with E-state index in [0.29, 0.717) is 0 Å². The second-order valence-electron chi connectivity index (χ2n) is 10.9. The monoisotopic (exact) mass is 551 g/mol. The third-order valence-electron chi connectivity index (χ3n) is 8.45. The number of furan rings is 2. The van der Waals surface area contributed by atoms with E-state index in [-0.39, 0.29) is 0 Å². The van der Waals surface area contributed by atoms with Gasteiger partial charge in [-0.15, -0.1) is 0 Å². The van der Waals surface area contributed by atoms with Crippen molar-refractivity contribution in [3.63, 3.8) is 0 Å². The fraction of sp³-hybridized carbons (Fsp3) is 0. The first kappa shape index (κ1) is 23.9. The van der Waals surface area contributed by atoms with Gasteiger partial charge < -0.3 is 13.7 Å². The summed E-state index contributed by atoms with van der Waals surface area (Å²) in [5.74, 6) is 0. The van der Waals surface area contributed by atoms with Crippen molar-refractivity contribution in [3.8, 4) is 11.1 Å². The molecule has 0 saturated carbocycles. The third kappa shape index (κ3) is 3.68. The summed E-state index contributed by atoms with van der Waals surface area (Å²) in [5, 5.41) is 6.64. The number of fused-ring (bicyclic) bond motifs is 9. The molecular weight excluding hydrogens is 526 g/mol. The molecule has 0 N–H and O–H groups in total. The highest BCUT2D eigenvalue weighted by Crippen LogP contribution is 2.47. The van der Waals surface area contributed by atoms with Gasteiger partial charge in [0.2, 0.25) is 0 Å². The first-order valence-corrected chi connectivity index (χ1v) is 14.5. The van der Waals surface area contributed by atoms with Crippen molar-refractivity contribution in [2.24, 2.45) is 0 Å². The van der Waals surface area contributed by atoms with Crippen molar-refractivity contribution in [2.75, 3.05) is 4.90 Å². The van der Waals surface area contributed by atoms with Crippen LogP contribution in [0.4, 0.5) is 17.1 Å². The normalized spacial score (nSPS) is 11.7. The average Bonchev–Trinajstić information content (AvgIpc) is 3.65. The molecule has 9 aromatic rings. The molecule has 202 valence electrons. The van der Waals surface area contributed by atoms with Crippen LogP contribution in [0.25, 0.3) is 65.8 Å². The van der Waals surface area contributed by atoms with Gasteiger partial charge in [0.25, 0.3) is 0 Å². The number of para-hydroxylation sites is 1. The molecule has 3 heteroatoms. The molecule has 0 bridgehead atoms. The zero-order chi connectivity index (χ0) is 28.3. The van der Waals surface area contributed by atoms with Crippen LogP contribution in [-0.4, -0.2) is 0 Å². The summed E-state index contributed by atoms with van der Waals surface area (Å²) in [5.41, 5.74) is 8.91. The first-order valence-electron chi connectivity index (χ1n) is 14.5. The highest BCUT2D eigenvalue weighted by molar-refractivity contribution is 6.28. The Morgan fingerprint density at radius 2 is 1.02 bits per heavy atom. The minimum atomic E-state index is 0.811. The van der Waals surface area contributed by atoms with Crippen molar-refractivity contribution in [1.29, 1.82) is 0 Å². The van der Waals surface area contributed by atoms with E-state index in [1.165, 1.54) is 21.9 Å². The lowest BCUT2D eigenvalue weighted by molar-refractivity contribution is 0.663. The minimum Gasteiger partial charge on any atom is -0.456 e. The first-order chi connectivity index (χ1) is 21.3. The average molecular weight is 552 g/mol. The van der Waals surface area contributed by atoms with E-state index in [1.54, 1.807) is 0 Å². The van der Waals surface area contributed by atoms with E-state index < -0.39 is 0 Å². The van der Waals surface area contributed by atoms with Crippen LogP contribution in [-0.2, 0) is 0 Å². The van der Waals surface area contributed by atoms with Crippen LogP contribution in [0.5, 0.6) is 0 Å². The Hall–Kier alpha value is -5.80. The quantitative estimate of drug-likeness (QED) is 0.218. The number of anilines is 3. The van der Waals surface area contributed by atoms with Crippen LogP contribution in [0.3, 0.4) is 0 Å². The topological polar surface area (TPSA) is 29.5 Å². The number of nitrogens with zero attached hydrogens (tertiary/aromatic N) is 1. The van der Waals surface area contributed by atoms with Gasteiger partial charge in [0.05, 0.1) is 16.5 Å². The highest BCUT2D eigenvalue weighted by Gasteiger charge is 2.23. The predicted octanol–water partition coefficient (Wildman–Crippen LogP) is 11.8. The fourth-order valence-electron chi connectivity index (χ4n) is 6.51. The molecule has 0 spiro atoms. The SMILES string of the molecule is c1ccc(-c2ccc(N(c3ccccc3)c3cccc4oc5ccc6c(oc7ccc8ccccc8c76)c5c34)cc2)cc1. The zero-order valence-corrected chi connectivity index (χ0v) is 23.2. The number of benzene rings is 7. The lowest BCUT2D eigenvalue weighted by Crippen LogP contribution is -2.10. The number of hydrogen-bond donors (Lipinski definition) is 0. The summed E-state index contributed by atoms with van der Waals surface area (Å²) >= 11 is 0. The van der Waals surface area contributed by atoms with E-state index in [4.69, 9.17) is 8.83 Å². The molecule has 0 saturated heterocycles. The van der Waals surface area contributed by atoms with Gasteiger partial charge in [-0.3, -0.25) is 0 Å². The molecular formula is C40H25NO2. The molecule has 0 fully saturated rings. The minimum absolute atomic E-state index is 0.811. The summed E-state index contributed by atoms with van der Waals surface area (Å²) in [7, 11) is 0. The van der Waals surface area contributed by atoms with Gasteiger partial charge in [-0.25, -0.2) is 0 Å². The maximum atomic E-state index is 6.67. The molecule has 3 nitrogen and oxygen atoms in total. The van der Waals surface area contributed by atoms with E-state index >= 15 is 0 Å². The van der Waals surface area contributed by atoms with Crippen LogP contribution < -0.4 is 4.90 Å². The summed E-state index contributed by atoms with van der Waals surface area (Å²) in [6, 6.07) is 53.0. The Kier molecular flexibility index (Phi) is 5.20. The molecule has 0 aliphatic heterocycles. The zero-order valence-electron chi connectivity index (χ0n) is 23.2. The van der Waals surface area contributed by atoms with Gasteiger partial charge in [0.15, 0.2) is 0 Å². The van der Waals surface area contributed by atoms with E-state index in [0.717, 1.165) is 60.9 Å². The Bertz CT molecular complexity index is 2440. The third-order valence-corrected chi connectivity index (χ3v) is 8.45. The second-order valence-corrected chi connectivity index (χ2v) is 10.9. The Morgan fingerprint density at radius 1 is 0.372 bits per heavy atom. The molecule has 0 aliphatic rings. The molecule has 0 atom stereocenters. The molecule has 2 aromatic heterocycles. The van der Waals surface area contributed by atoms with E-state index in [1.807, 2.05) is 12.1 Å². The van der Waals surface area contributed by atoms with Crippen LogP contribution in [0.15, 0.2) is 160 Å². The van der Waals surface area contributed by atoms with Crippen molar-refractivity contribution in [1.82, 2.24) is 0 Å². The van der Waals surface area contributed by atoms with Crippen molar-refractivity contribution < 1.29 is 8.83 Å². The van der Waals surface area contributed by atoms with Gasteiger partial charge in [-0.05, 0) is 76.5 Å². The van der Waals surface area contributed by atoms with Gasteiger partial charge >= 0.3 is 0 Å². The van der Waals surface area contributed by atoms with Crippen molar-refractivity contribution in [3.05, 3.63) is 152 Å². The van der Waals surface area contributed by atoms with Crippen LogP contribution in [0, 0.1) is 0 Å². The maximum absolute atomic E-state index is 6.67. The largest absolute Gasteiger partial charge is 0.456 e. The second kappa shape index (κ2) is 9.37. The van der Waals surface area contributed by atoms with Crippen molar-refractivity contribution >= 4 is 71.7 Å². The van der Waals surface area contributed by atoms with E-state index in [9.17, 15) is 0 Å². The van der Waals surface area contributed by atoms with Gasteiger partial charge in [0, 0.05) is 22.1 Å². The van der Waals surface area contributed by atoms with Crippen molar-refractivity contribution in [2.45, 2.75) is 0 Å². The lowest BCUT2D eigenvalue weighted by atomic mass is 10.0. The smallest absolute Gasteiger partial charge is 0.147 e. The Balaban J connectivity index is 1.33. The van der Waals surface area contributed by atoms with Gasteiger partial charge in [0.1, 0.15) is 22.3 Å². The Labute approximate surface area is 247 Å². The van der Waals surface area contributed by atoms with Gasteiger partial charge in [-0.1, -0.05) is 97.1 Å². The van der Waals surface area contributed by atoms with Crippen LogP contribution >= 0.6 is 0 Å². The summed E-state index contributed by atoms with van der Waals surface area (Å²) in [6.45, 7) is 0. The molecule has 43 heavy (non-hydrogen) atoms. The summed E-state index contributed by atoms with van der Waals surface area (Å²) < 4.78 is 13.2. The lowest BCUT2D eigenvalue weighted by Gasteiger charge is -2.26. The van der Waals surface area contributed by atoms with Gasteiger partial charge in [-0.2, -0.15) is 0 Å². The molecule has 0 amide bonds. The standard InChI is InChI=1S/C40H25NO2/c1-3-10-26(11-4-1)27-18-21-30(22-19-27)41(29-13-5-2-6-14-29)33-16-9-17-34-38(33)39-36(42-34)25-23-32-37-31-15-8-7-12-28(31)20-24-35(37)43-40(32)39/h1-25H. The molecule has 0 radical (unpaired) electrons. The number of hydrogen-bond acceptors (Lipinski definition) is 3. The molecule has 9 rings (SSSR count). The van der Waals surface area contributed by atoms with Crippen LogP contribution in [0.1, 0.15) is 0 Å². The summed E-state index contributed by atoms with van der Waals surface area (Å²) in [6.07, 6.45) is 0. The fourth-order valence-corrected chi connectivity index (χ4v) is 6.51. The maximum Gasteiger partial charge on any atom is 0.147 e. The van der Waals surface area contributed by atoms with Crippen LogP contribution in [0.2, 0.25) is 0 Å². The predicted molar refractivity (Wildman–Crippen MR) is 179 cm³/mol. The summed E-state index contributed by atoms with van der Waals surface area (Å²) in [4.78, 5) is 2.31. The Morgan fingerprint density at radius 3 is 1.86 bits per heavy atom. The molecule has 0 unspecified atom stereocenters. The molecule has 0 aliphatic carbocycles. The molecule has 7 aromatic carbocycles. The van der Waals surface area contributed by atoms with E-state index in [2.05, 4.69) is 144 Å². The molecule has 2 heterocycles.